The second-order valence-electron chi connectivity index (χ2n) is 9.85. The summed E-state index contributed by atoms with van der Waals surface area (Å²) >= 11 is 0. The minimum absolute atomic E-state index is 0.0683. The number of allylic oxidation sites excluding steroid dienone is 2. The molecule has 144 valence electrons. The molecule has 5 rings (SSSR count). The Morgan fingerprint density at radius 2 is 1.26 bits per heavy atom. The van der Waals surface area contributed by atoms with Gasteiger partial charge in [0.2, 0.25) is 0 Å². The Labute approximate surface area is 159 Å². The van der Waals surface area contributed by atoms with E-state index in [1.807, 2.05) is 19.1 Å². The van der Waals surface area contributed by atoms with Crippen molar-refractivity contribution in [2.75, 3.05) is 0 Å². The maximum absolute atomic E-state index is 13.8. The standard InChI is InChI=1S/C21H27N3O3/c1-19-6-4-10(25)8-12(19)14-16(27)15-13-9-11(26)5-7-20(13,2)24-18(15)21(3,22)17(14)23-19/h4-7,12-15,17-18,23-24H,8-9,22H2,1-3H3/t12-,13+,14+,15-,17+,18-,19-,20+,21?. The van der Waals surface area contributed by atoms with Gasteiger partial charge < -0.3 is 16.4 Å². The molecule has 0 bridgehead atoms. The van der Waals surface area contributed by atoms with Crippen molar-refractivity contribution in [3.8, 4) is 0 Å². The second kappa shape index (κ2) is 5.04. The number of nitrogens with one attached hydrogen (secondary N) is 2. The molecule has 6 heteroatoms. The zero-order valence-electron chi connectivity index (χ0n) is 16.0. The van der Waals surface area contributed by atoms with E-state index < -0.39 is 16.6 Å². The molecule has 2 aliphatic heterocycles. The zero-order chi connectivity index (χ0) is 19.4. The van der Waals surface area contributed by atoms with Crippen molar-refractivity contribution in [2.24, 2.45) is 29.4 Å². The first-order chi connectivity index (χ1) is 12.6. The van der Waals surface area contributed by atoms with Crippen molar-refractivity contribution in [3.05, 3.63) is 24.3 Å². The van der Waals surface area contributed by atoms with E-state index in [1.165, 1.54) is 0 Å². The molecule has 5 aliphatic rings. The number of hydrogen-bond acceptors (Lipinski definition) is 6. The van der Waals surface area contributed by atoms with Gasteiger partial charge in [0.15, 0.2) is 11.6 Å². The molecule has 2 saturated heterocycles. The molecule has 1 unspecified atom stereocenters. The third-order valence-electron chi connectivity index (χ3n) is 8.13. The maximum atomic E-state index is 13.8. The van der Waals surface area contributed by atoms with Gasteiger partial charge in [0.25, 0.3) is 0 Å². The minimum Gasteiger partial charge on any atom is -0.323 e. The van der Waals surface area contributed by atoms with Crippen LogP contribution in [0.25, 0.3) is 0 Å². The van der Waals surface area contributed by atoms with Crippen molar-refractivity contribution in [3.63, 3.8) is 0 Å². The number of nitrogens with two attached hydrogens (primary N) is 1. The number of fused-ring (bicyclic) bond motifs is 6. The Hall–Kier alpha value is -1.63. The van der Waals surface area contributed by atoms with Crippen LogP contribution in [0.2, 0.25) is 0 Å². The summed E-state index contributed by atoms with van der Waals surface area (Å²) in [6, 6.07) is -0.402. The van der Waals surface area contributed by atoms with Gasteiger partial charge >= 0.3 is 0 Å². The lowest BCUT2D eigenvalue weighted by Gasteiger charge is -2.48. The predicted octanol–water partition coefficient (Wildman–Crippen LogP) is 0.270. The second-order valence-corrected chi connectivity index (χ2v) is 9.85. The van der Waals surface area contributed by atoms with Crippen molar-refractivity contribution >= 4 is 17.3 Å². The number of carbonyl (C=O) groups is 3. The molecular formula is C21H27N3O3. The first-order valence-corrected chi connectivity index (χ1v) is 9.89. The molecule has 9 atom stereocenters. The van der Waals surface area contributed by atoms with Gasteiger partial charge in [0.1, 0.15) is 5.78 Å². The van der Waals surface area contributed by atoms with E-state index in [1.54, 1.807) is 12.2 Å². The van der Waals surface area contributed by atoms with E-state index in [0.717, 1.165) is 0 Å². The fourth-order valence-electron chi connectivity index (χ4n) is 6.62. The summed E-state index contributed by atoms with van der Waals surface area (Å²) in [6.45, 7) is 6.12. The molecule has 0 amide bonds. The third-order valence-corrected chi connectivity index (χ3v) is 8.13. The van der Waals surface area contributed by atoms with Gasteiger partial charge in [-0.2, -0.15) is 0 Å². The fourth-order valence-corrected chi connectivity index (χ4v) is 6.62. The van der Waals surface area contributed by atoms with Gasteiger partial charge in [0, 0.05) is 53.4 Å². The summed E-state index contributed by atoms with van der Waals surface area (Å²) in [5, 5.41) is 7.24. The molecule has 3 fully saturated rings. The van der Waals surface area contributed by atoms with Crippen LogP contribution in [0.3, 0.4) is 0 Å². The SMILES string of the molecule is CC1(N)[C@@H]2N[C@@]3(C)C=CC(=O)C[C@H]3[C@@H]2C(=O)[C@@H]2[C@H]3CC(=O)C=C[C@@]3(C)N[C@@H]21. The molecule has 0 aromatic heterocycles. The number of carbonyl (C=O) groups excluding carboxylic acids is 3. The Balaban J connectivity index is 1.61. The Morgan fingerprint density at radius 1 is 0.852 bits per heavy atom. The predicted molar refractivity (Wildman–Crippen MR) is 99.7 cm³/mol. The lowest BCUT2D eigenvalue weighted by atomic mass is 9.58. The Bertz CT molecular complexity index is 767. The number of rotatable bonds is 0. The molecule has 27 heavy (non-hydrogen) atoms. The van der Waals surface area contributed by atoms with Crippen LogP contribution in [0.4, 0.5) is 0 Å². The van der Waals surface area contributed by atoms with Crippen molar-refractivity contribution < 1.29 is 14.4 Å². The summed E-state index contributed by atoms with van der Waals surface area (Å²) in [7, 11) is 0. The molecule has 0 radical (unpaired) electrons. The van der Waals surface area contributed by atoms with E-state index in [-0.39, 0.29) is 53.1 Å². The molecule has 0 aromatic rings. The fraction of sp³-hybridized carbons (Fsp3) is 0.667. The number of ketones is 3. The highest BCUT2D eigenvalue weighted by atomic mass is 16.1. The summed E-state index contributed by atoms with van der Waals surface area (Å²) in [5.74, 6) is -0.467. The van der Waals surface area contributed by atoms with Crippen LogP contribution in [-0.4, -0.2) is 46.1 Å². The Morgan fingerprint density at radius 3 is 1.67 bits per heavy atom. The normalized spacial score (nSPS) is 55.9. The van der Waals surface area contributed by atoms with Gasteiger partial charge in [-0.05, 0) is 44.8 Å². The van der Waals surface area contributed by atoms with Crippen molar-refractivity contribution in [2.45, 2.75) is 62.3 Å². The first-order valence-electron chi connectivity index (χ1n) is 9.89. The largest absolute Gasteiger partial charge is 0.323 e. The minimum atomic E-state index is -0.669. The highest BCUT2D eigenvalue weighted by molar-refractivity contribution is 5.96. The van der Waals surface area contributed by atoms with E-state index in [2.05, 4.69) is 24.5 Å². The van der Waals surface area contributed by atoms with Gasteiger partial charge in [0.05, 0.1) is 0 Å². The van der Waals surface area contributed by atoms with E-state index >= 15 is 0 Å². The molecular weight excluding hydrogens is 342 g/mol. The molecule has 0 spiro atoms. The average molecular weight is 369 g/mol. The van der Waals surface area contributed by atoms with Crippen molar-refractivity contribution in [1.82, 2.24) is 10.6 Å². The lowest BCUT2D eigenvalue weighted by molar-refractivity contribution is -0.136. The number of Topliss-reactive ketones (excluding diaryl/α,β-unsaturated/α-hetero) is 1. The van der Waals surface area contributed by atoms with Gasteiger partial charge in [-0.25, -0.2) is 0 Å². The monoisotopic (exact) mass is 369 g/mol. The van der Waals surface area contributed by atoms with Gasteiger partial charge in [-0.3, -0.25) is 14.4 Å². The summed E-state index contributed by atoms with van der Waals surface area (Å²) in [5.41, 5.74) is 5.44. The van der Waals surface area contributed by atoms with Crippen LogP contribution in [-0.2, 0) is 14.4 Å². The highest BCUT2D eigenvalue weighted by Gasteiger charge is 2.69. The zero-order valence-corrected chi connectivity index (χ0v) is 16.0. The van der Waals surface area contributed by atoms with E-state index in [9.17, 15) is 14.4 Å². The highest BCUT2D eigenvalue weighted by Crippen LogP contribution is 2.54. The smallest absolute Gasteiger partial charge is 0.155 e. The van der Waals surface area contributed by atoms with Crippen LogP contribution in [0.1, 0.15) is 33.6 Å². The van der Waals surface area contributed by atoms with Crippen molar-refractivity contribution in [1.29, 1.82) is 0 Å². The number of hydrogen-bond donors (Lipinski definition) is 3. The quantitative estimate of drug-likeness (QED) is 0.567. The van der Waals surface area contributed by atoms with Crippen LogP contribution in [0.15, 0.2) is 24.3 Å². The Kier molecular flexibility index (Phi) is 3.26. The van der Waals surface area contributed by atoms with E-state index in [4.69, 9.17) is 5.73 Å². The van der Waals surface area contributed by atoms with Crippen LogP contribution >= 0.6 is 0 Å². The molecule has 6 nitrogen and oxygen atoms in total. The first kappa shape index (κ1) is 17.5. The third kappa shape index (κ3) is 2.09. The molecule has 4 N–H and O–H groups in total. The van der Waals surface area contributed by atoms with E-state index in [0.29, 0.717) is 12.8 Å². The molecule has 2 heterocycles. The topological polar surface area (TPSA) is 101 Å². The van der Waals surface area contributed by atoms with Crippen LogP contribution in [0.5, 0.6) is 0 Å². The maximum Gasteiger partial charge on any atom is 0.155 e. The summed E-state index contributed by atoms with van der Waals surface area (Å²) < 4.78 is 0. The molecule has 1 saturated carbocycles. The van der Waals surface area contributed by atoms with Gasteiger partial charge in [-0.1, -0.05) is 12.2 Å². The molecule has 3 aliphatic carbocycles. The van der Waals surface area contributed by atoms with Crippen LogP contribution < -0.4 is 16.4 Å². The van der Waals surface area contributed by atoms with Crippen LogP contribution in [0, 0.1) is 23.7 Å². The summed E-state index contributed by atoms with van der Waals surface area (Å²) in [6.07, 6.45) is 7.81. The average Bonchev–Trinajstić information content (AvgIpc) is 3.07. The lowest BCUT2D eigenvalue weighted by Crippen LogP contribution is -2.72. The molecule has 0 aromatic carbocycles. The van der Waals surface area contributed by atoms with Gasteiger partial charge in [-0.15, -0.1) is 0 Å². The summed E-state index contributed by atoms with van der Waals surface area (Å²) in [4.78, 5) is 38.0.